The van der Waals surface area contributed by atoms with Gasteiger partial charge in [0.25, 0.3) is 0 Å². The second-order valence-electron chi connectivity index (χ2n) is 6.47. The predicted octanol–water partition coefficient (Wildman–Crippen LogP) is 2.80. The maximum atomic E-state index is 12.7. The first-order valence-electron chi connectivity index (χ1n) is 9.31. The van der Waals surface area contributed by atoms with Gasteiger partial charge >= 0.3 is 11.9 Å². The van der Waals surface area contributed by atoms with Crippen molar-refractivity contribution in [2.24, 2.45) is 0 Å². The van der Waals surface area contributed by atoms with Crippen LogP contribution in [0.5, 0.6) is 0 Å². The predicted molar refractivity (Wildman–Crippen MR) is 104 cm³/mol. The van der Waals surface area contributed by atoms with Crippen LogP contribution in [0.3, 0.4) is 0 Å². The molecule has 7 nitrogen and oxygen atoms in total. The van der Waals surface area contributed by atoms with Crippen molar-refractivity contribution in [2.45, 2.75) is 18.3 Å². The van der Waals surface area contributed by atoms with Gasteiger partial charge in [0.1, 0.15) is 12.2 Å². The van der Waals surface area contributed by atoms with Crippen LogP contribution in [0.2, 0.25) is 0 Å². The van der Waals surface area contributed by atoms with Crippen LogP contribution in [-0.2, 0) is 23.7 Å². The first-order valence-corrected chi connectivity index (χ1v) is 9.31. The minimum Gasteiger partial charge on any atom is -0.465 e. The maximum absolute atomic E-state index is 12.7. The third-order valence-corrected chi connectivity index (χ3v) is 4.65. The van der Waals surface area contributed by atoms with Crippen molar-refractivity contribution < 1.29 is 33.3 Å². The maximum Gasteiger partial charge on any atom is 0.338 e. The van der Waals surface area contributed by atoms with Gasteiger partial charge in [-0.05, 0) is 23.8 Å². The third kappa shape index (κ3) is 5.00. The summed E-state index contributed by atoms with van der Waals surface area (Å²) in [5, 5.41) is 0. The van der Waals surface area contributed by atoms with Crippen molar-refractivity contribution in [3.8, 4) is 0 Å². The molecule has 154 valence electrons. The molecule has 3 rings (SSSR count). The topological polar surface area (TPSA) is 80.3 Å². The van der Waals surface area contributed by atoms with Gasteiger partial charge in [-0.25, -0.2) is 9.59 Å². The second-order valence-corrected chi connectivity index (χ2v) is 6.47. The molecule has 0 N–H and O–H groups in total. The van der Waals surface area contributed by atoms with Crippen molar-refractivity contribution in [1.82, 2.24) is 0 Å². The van der Waals surface area contributed by atoms with Gasteiger partial charge in [0, 0.05) is 7.11 Å². The van der Waals surface area contributed by atoms with Gasteiger partial charge in [-0.3, -0.25) is 0 Å². The van der Waals surface area contributed by atoms with E-state index in [1.807, 2.05) is 6.07 Å². The highest BCUT2D eigenvalue weighted by atomic mass is 16.6. The normalized spacial score (nSPS) is 21.0. The molecule has 0 unspecified atom stereocenters. The Morgan fingerprint density at radius 3 is 2.41 bits per heavy atom. The lowest BCUT2D eigenvalue weighted by Crippen LogP contribution is -2.35. The number of ether oxygens (including phenoxy) is 5. The second kappa shape index (κ2) is 10.2. The third-order valence-electron chi connectivity index (χ3n) is 4.65. The van der Waals surface area contributed by atoms with Gasteiger partial charge in [0.2, 0.25) is 0 Å². The molecule has 0 spiro atoms. The number of esters is 2. The van der Waals surface area contributed by atoms with Crippen LogP contribution in [0.1, 0.15) is 32.4 Å². The van der Waals surface area contributed by atoms with Crippen LogP contribution < -0.4 is 0 Å². The van der Waals surface area contributed by atoms with E-state index in [2.05, 4.69) is 0 Å². The van der Waals surface area contributed by atoms with Crippen LogP contribution in [0, 0.1) is 0 Å². The molecule has 1 aliphatic heterocycles. The van der Waals surface area contributed by atoms with Crippen molar-refractivity contribution >= 4 is 11.9 Å². The molecule has 0 saturated carbocycles. The zero-order valence-corrected chi connectivity index (χ0v) is 16.4. The van der Waals surface area contributed by atoms with Crippen LogP contribution in [0.15, 0.2) is 54.6 Å². The van der Waals surface area contributed by atoms with Gasteiger partial charge in [-0.1, -0.05) is 36.4 Å². The molecule has 1 fully saturated rings. The van der Waals surface area contributed by atoms with Crippen molar-refractivity contribution in [2.75, 3.05) is 34.0 Å². The summed E-state index contributed by atoms with van der Waals surface area (Å²) in [6.45, 7) is 0.950. The van der Waals surface area contributed by atoms with Crippen molar-refractivity contribution in [3.63, 3.8) is 0 Å². The number of carbonyl (C=O) groups is 2. The molecule has 0 aliphatic carbocycles. The lowest BCUT2D eigenvalue weighted by atomic mass is 9.97. The summed E-state index contributed by atoms with van der Waals surface area (Å²) in [5.74, 6) is -0.969. The molecule has 0 radical (unpaired) electrons. The molecule has 2 aromatic rings. The van der Waals surface area contributed by atoms with E-state index in [-0.39, 0.29) is 6.61 Å². The number of hydrogen-bond donors (Lipinski definition) is 0. The fraction of sp³-hybridized carbons (Fsp3) is 0.364. The highest BCUT2D eigenvalue weighted by Crippen LogP contribution is 2.35. The van der Waals surface area contributed by atoms with E-state index in [4.69, 9.17) is 23.7 Å². The number of rotatable bonds is 8. The summed E-state index contributed by atoms with van der Waals surface area (Å²) >= 11 is 0. The minimum absolute atomic E-state index is 0.219. The smallest absolute Gasteiger partial charge is 0.338 e. The highest BCUT2D eigenvalue weighted by Gasteiger charge is 2.43. The SMILES string of the molecule is COCCO[C@H]1CO[C@H](c2ccccc2C(=O)OC)[C@@H]1OC(=O)c1ccccc1. The molecule has 0 aromatic heterocycles. The average molecular weight is 400 g/mol. The molecule has 0 bridgehead atoms. The summed E-state index contributed by atoms with van der Waals surface area (Å²) in [4.78, 5) is 24.9. The molecule has 29 heavy (non-hydrogen) atoms. The molecule has 0 amide bonds. The van der Waals surface area contributed by atoms with Crippen molar-refractivity contribution in [1.29, 1.82) is 0 Å². The van der Waals surface area contributed by atoms with E-state index in [1.54, 1.807) is 55.6 Å². The first-order chi connectivity index (χ1) is 14.2. The quantitative estimate of drug-likeness (QED) is 0.498. The lowest BCUT2D eigenvalue weighted by molar-refractivity contribution is -0.0498. The fourth-order valence-electron chi connectivity index (χ4n) is 3.22. The van der Waals surface area contributed by atoms with Gasteiger partial charge in [0.15, 0.2) is 6.10 Å². The van der Waals surface area contributed by atoms with Crippen LogP contribution >= 0.6 is 0 Å². The van der Waals surface area contributed by atoms with Gasteiger partial charge in [0.05, 0.1) is 38.1 Å². The molecule has 1 saturated heterocycles. The Morgan fingerprint density at radius 1 is 0.966 bits per heavy atom. The summed E-state index contributed by atoms with van der Waals surface area (Å²) in [7, 11) is 2.90. The molecule has 7 heteroatoms. The summed E-state index contributed by atoms with van der Waals surface area (Å²) < 4.78 is 27.4. The standard InChI is InChI=1S/C22H24O7/c1-25-12-13-27-18-14-28-19(16-10-6-7-11-17(16)22(24)26-2)20(18)29-21(23)15-8-4-3-5-9-15/h3-11,18-20H,12-14H2,1-2H3/t18-,19+,20+/m0/s1. The number of methoxy groups -OCH3 is 2. The molecule has 3 atom stereocenters. The summed E-state index contributed by atoms with van der Waals surface area (Å²) in [6, 6.07) is 15.6. The van der Waals surface area contributed by atoms with Crippen LogP contribution in [-0.4, -0.2) is 58.2 Å². The molecule has 2 aromatic carbocycles. The monoisotopic (exact) mass is 400 g/mol. The largest absolute Gasteiger partial charge is 0.465 e. The molecule has 1 aliphatic rings. The van der Waals surface area contributed by atoms with E-state index in [9.17, 15) is 9.59 Å². The zero-order valence-electron chi connectivity index (χ0n) is 16.4. The Hall–Kier alpha value is -2.74. The Labute approximate surface area is 169 Å². The lowest BCUT2D eigenvalue weighted by Gasteiger charge is -2.24. The summed E-state index contributed by atoms with van der Waals surface area (Å²) in [5.41, 5.74) is 1.37. The first kappa shape index (κ1) is 21.0. The van der Waals surface area contributed by atoms with Gasteiger partial charge in [-0.15, -0.1) is 0 Å². The molecule has 1 heterocycles. The van der Waals surface area contributed by atoms with Gasteiger partial charge in [-0.2, -0.15) is 0 Å². The highest BCUT2D eigenvalue weighted by molar-refractivity contribution is 5.91. The fourth-order valence-corrected chi connectivity index (χ4v) is 3.22. The van der Waals surface area contributed by atoms with Crippen LogP contribution in [0.25, 0.3) is 0 Å². The minimum atomic E-state index is -0.731. The Bertz CT molecular complexity index is 821. The van der Waals surface area contributed by atoms with E-state index < -0.39 is 30.3 Å². The van der Waals surface area contributed by atoms with E-state index in [1.165, 1.54) is 7.11 Å². The molecular weight excluding hydrogens is 376 g/mol. The zero-order chi connectivity index (χ0) is 20.6. The van der Waals surface area contributed by atoms with Gasteiger partial charge < -0.3 is 23.7 Å². The van der Waals surface area contributed by atoms with Crippen LogP contribution in [0.4, 0.5) is 0 Å². The average Bonchev–Trinajstić information content (AvgIpc) is 3.16. The molecular formula is C22H24O7. The Morgan fingerprint density at radius 2 is 1.69 bits per heavy atom. The van der Waals surface area contributed by atoms with E-state index in [0.29, 0.717) is 29.9 Å². The number of hydrogen-bond acceptors (Lipinski definition) is 7. The summed E-state index contributed by atoms with van der Waals surface area (Å²) in [6.07, 6.45) is -1.88. The number of carbonyl (C=O) groups excluding carboxylic acids is 2. The Kier molecular flexibility index (Phi) is 7.35. The van der Waals surface area contributed by atoms with E-state index >= 15 is 0 Å². The number of benzene rings is 2. The van der Waals surface area contributed by atoms with E-state index in [0.717, 1.165) is 0 Å². The Balaban J connectivity index is 1.87. The van der Waals surface area contributed by atoms with Crippen molar-refractivity contribution in [3.05, 3.63) is 71.3 Å².